The summed E-state index contributed by atoms with van der Waals surface area (Å²) in [6, 6.07) is 0. The van der Waals surface area contributed by atoms with E-state index in [4.69, 9.17) is 0 Å². The molecule has 1 aliphatic heterocycles. The SMILES string of the molecule is CC(C)(C)C1Nc2cncnc2N1. The summed E-state index contributed by atoms with van der Waals surface area (Å²) < 4.78 is 0. The van der Waals surface area contributed by atoms with E-state index in [-0.39, 0.29) is 11.6 Å². The molecule has 0 fully saturated rings. The topological polar surface area (TPSA) is 49.8 Å². The molecule has 0 aliphatic carbocycles. The van der Waals surface area contributed by atoms with Gasteiger partial charge in [-0.15, -0.1) is 0 Å². The second kappa shape index (κ2) is 2.58. The smallest absolute Gasteiger partial charge is 0.154 e. The highest BCUT2D eigenvalue weighted by Crippen LogP contribution is 2.32. The predicted molar refractivity (Wildman–Crippen MR) is 52.5 cm³/mol. The zero-order chi connectivity index (χ0) is 9.47. The molecule has 0 spiro atoms. The Bertz CT molecular complexity index is 291. The summed E-state index contributed by atoms with van der Waals surface area (Å²) in [4.78, 5) is 8.10. The van der Waals surface area contributed by atoms with Gasteiger partial charge in [0.1, 0.15) is 12.5 Å². The fraction of sp³-hybridized carbons (Fsp3) is 0.556. The predicted octanol–water partition coefficient (Wildman–Crippen LogP) is 1.69. The Labute approximate surface area is 77.8 Å². The number of nitrogens with zero attached hydrogens (tertiary/aromatic N) is 2. The maximum Gasteiger partial charge on any atom is 0.154 e. The van der Waals surface area contributed by atoms with Crippen molar-refractivity contribution < 1.29 is 0 Å². The first-order valence-corrected chi connectivity index (χ1v) is 4.40. The van der Waals surface area contributed by atoms with Crippen molar-refractivity contribution in [3.63, 3.8) is 0 Å². The molecule has 1 unspecified atom stereocenters. The molecule has 0 saturated heterocycles. The fourth-order valence-electron chi connectivity index (χ4n) is 1.31. The van der Waals surface area contributed by atoms with Crippen molar-refractivity contribution in [3.8, 4) is 0 Å². The van der Waals surface area contributed by atoms with Gasteiger partial charge in [0.05, 0.1) is 11.9 Å². The minimum absolute atomic E-state index is 0.167. The molecule has 4 heteroatoms. The van der Waals surface area contributed by atoms with Crippen LogP contribution in [0.3, 0.4) is 0 Å². The Balaban J connectivity index is 2.23. The zero-order valence-corrected chi connectivity index (χ0v) is 8.13. The van der Waals surface area contributed by atoms with E-state index >= 15 is 0 Å². The van der Waals surface area contributed by atoms with Gasteiger partial charge in [0.15, 0.2) is 5.82 Å². The van der Waals surface area contributed by atoms with Crippen LogP contribution < -0.4 is 10.6 Å². The van der Waals surface area contributed by atoms with Crippen molar-refractivity contribution in [3.05, 3.63) is 12.5 Å². The number of fused-ring (bicyclic) bond motifs is 1. The lowest BCUT2D eigenvalue weighted by Crippen LogP contribution is -2.36. The summed E-state index contributed by atoms with van der Waals surface area (Å²) in [7, 11) is 0. The molecule has 1 aliphatic rings. The number of hydrogen-bond acceptors (Lipinski definition) is 4. The second-order valence-electron chi connectivity index (χ2n) is 4.37. The number of aromatic nitrogens is 2. The van der Waals surface area contributed by atoms with E-state index in [1.807, 2.05) is 0 Å². The Morgan fingerprint density at radius 3 is 2.69 bits per heavy atom. The van der Waals surface area contributed by atoms with Gasteiger partial charge in [-0.1, -0.05) is 20.8 Å². The van der Waals surface area contributed by atoms with E-state index in [0.717, 1.165) is 11.5 Å². The third kappa shape index (κ3) is 1.43. The lowest BCUT2D eigenvalue weighted by molar-refractivity contribution is 0.372. The first-order valence-electron chi connectivity index (χ1n) is 4.40. The highest BCUT2D eigenvalue weighted by molar-refractivity contribution is 5.69. The number of anilines is 2. The van der Waals surface area contributed by atoms with Crippen LogP contribution in [0.1, 0.15) is 20.8 Å². The van der Waals surface area contributed by atoms with Crippen molar-refractivity contribution in [2.24, 2.45) is 5.41 Å². The lowest BCUT2D eigenvalue weighted by Gasteiger charge is -2.27. The molecule has 0 amide bonds. The molecule has 0 aromatic carbocycles. The average Bonchev–Trinajstić information content (AvgIpc) is 2.45. The Hall–Kier alpha value is -1.32. The zero-order valence-electron chi connectivity index (χ0n) is 8.13. The molecule has 0 bridgehead atoms. The van der Waals surface area contributed by atoms with E-state index in [1.54, 1.807) is 12.5 Å². The van der Waals surface area contributed by atoms with Crippen molar-refractivity contribution >= 4 is 11.5 Å². The summed E-state index contributed by atoms with van der Waals surface area (Å²) in [5.41, 5.74) is 1.16. The lowest BCUT2D eigenvalue weighted by atomic mass is 9.93. The fourth-order valence-corrected chi connectivity index (χ4v) is 1.31. The van der Waals surface area contributed by atoms with Crippen LogP contribution in [0.4, 0.5) is 11.5 Å². The van der Waals surface area contributed by atoms with Gasteiger partial charge in [0.2, 0.25) is 0 Å². The van der Waals surface area contributed by atoms with E-state index in [9.17, 15) is 0 Å². The van der Waals surface area contributed by atoms with Gasteiger partial charge in [-0.2, -0.15) is 0 Å². The maximum absolute atomic E-state index is 4.14. The Kier molecular flexibility index (Phi) is 1.65. The van der Waals surface area contributed by atoms with Crippen molar-refractivity contribution in [1.82, 2.24) is 9.97 Å². The van der Waals surface area contributed by atoms with Crippen molar-refractivity contribution in [1.29, 1.82) is 0 Å². The van der Waals surface area contributed by atoms with Crippen LogP contribution >= 0.6 is 0 Å². The molecule has 0 saturated carbocycles. The van der Waals surface area contributed by atoms with Gasteiger partial charge in [-0.25, -0.2) is 9.97 Å². The van der Waals surface area contributed by atoms with Gasteiger partial charge in [-0.3, -0.25) is 0 Å². The van der Waals surface area contributed by atoms with Gasteiger partial charge >= 0.3 is 0 Å². The molecule has 4 nitrogen and oxygen atoms in total. The summed E-state index contributed by atoms with van der Waals surface area (Å²) in [5.74, 6) is 0.898. The van der Waals surface area contributed by atoms with Crippen LogP contribution in [0.2, 0.25) is 0 Å². The number of nitrogens with one attached hydrogen (secondary N) is 2. The maximum atomic E-state index is 4.14. The highest BCUT2D eigenvalue weighted by Gasteiger charge is 2.30. The van der Waals surface area contributed by atoms with Crippen LogP contribution in [0, 0.1) is 5.41 Å². The third-order valence-electron chi connectivity index (χ3n) is 2.16. The summed E-state index contributed by atoms with van der Waals surface area (Å²) in [6.07, 6.45) is 3.58. The molecular formula is C9H14N4. The summed E-state index contributed by atoms with van der Waals surface area (Å²) in [5, 5.41) is 6.65. The molecule has 2 N–H and O–H groups in total. The largest absolute Gasteiger partial charge is 0.361 e. The van der Waals surface area contributed by atoms with Gasteiger partial charge in [-0.05, 0) is 0 Å². The van der Waals surface area contributed by atoms with E-state index in [1.165, 1.54) is 0 Å². The quantitative estimate of drug-likeness (QED) is 0.634. The van der Waals surface area contributed by atoms with Gasteiger partial charge in [0.25, 0.3) is 0 Å². The summed E-state index contributed by atoms with van der Waals surface area (Å²) >= 11 is 0. The second-order valence-corrected chi connectivity index (χ2v) is 4.37. The molecule has 1 aromatic rings. The summed E-state index contributed by atoms with van der Waals surface area (Å²) in [6.45, 7) is 6.53. The highest BCUT2D eigenvalue weighted by atomic mass is 15.3. The molecule has 2 heterocycles. The number of rotatable bonds is 0. The normalized spacial score (nSPS) is 20.4. The molecule has 1 atom stereocenters. The monoisotopic (exact) mass is 178 g/mol. The Morgan fingerprint density at radius 2 is 2.08 bits per heavy atom. The Morgan fingerprint density at radius 1 is 1.31 bits per heavy atom. The van der Waals surface area contributed by atoms with Crippen LogP contribution in [-0.2, 0) is 0 Å². The van der Waals surface area contributed by atoms with Crippen molar-refractivity contribution in [2.45, 2.75) is 26.9 Å². The van der Waals surface area contributed by atoms with E-state index in [2.05, 4.69) is 41.4 Å². The van der Waals surface area contributed by atoms with E-state index in [0.29, 0.717) is 0 Å². The standard InChI is InChI=1S/C9H14N4/c1-9(2,3)8-12-6-4-10-5-11-7(6)13-8/h4-5,8,12H,1-3H3,(H,10,11,13). The molecule has 1 aromatic heterocycles. The van der Waals surface area contributed by atoms with Crippen LogP contribution in [0.15, 0.2) is 12.5 Å². The first-order chi connectivity index (χ1) is 6.07. The number of hydrogen-bond donors (Lipinski definition) is 2. The van der Waals surface area contributed by atoms with Crippen molar-refractivity contribution in [2.75, 3.05) is 10.6 Å². The first kappa shape index (κ1) is 8.29. The molecule has 70 valence electrons. The third-order valence-corrected chi connectivity index (χ3v) is 2.16. The van der Waals surface area contributed by atoms with E-state index < -0.39 is 0 Å². The average molecular weight is 178 g/mol. The van der Waals surface area contributed by atoms with Gasteiger partial charge < -0.3 is 10.6 Å². The van der Waals surface area contributed by atoms with Crippen LogP contribution in [0.25, 0.3) is 0 Å². The van der Waals surface area contributed by atoms with Crippen LogP contribution in [-0.4, -0.2) is 16.1 Å². The molecule has 13 heavy (non-hydrogen) atoms. The molecular weight excluding hydrogens is 164 g/mol. The minimum atomic E-state index is 0.167. The minimum Gasteiger partial charge on any atom is -0.361 e. The van der Waals surface area contributed by atoms with Gasteiger partial charge in [0, 0.05) is 5.41 Å². The van der Waals surface area contributed by atoms with Crippen LogP contribution in [0.5, 0.6) is 0 Å². The molecule has 0 radical (unpaired) electrons. The molecule has 2 rings (SSSR count).